The van der Waals surface area contributed by atoms with Crippen LogP contribution in [0.5, 0.6) is 0 Å². The molecule has 0 spiro atoms. The highest BCUT2D eigenvalue weighted by Gasteiger charge is 2.34. The van der Waals surface area contributed by atoms with E-state index >= 15 is 0 Å². The number of halogens is 3. The highest BCUT2D eigenvalue weighted by atomic mass is 19.4. The molecule has 0 bridgehead atoms. The Hall–Kier alpha value is -1.39. The zero-order chi connectivity index (χ0) is 13.5. The van der Waals surface area contributed by atoms with Crippen LogP contribution < -0.4 is 10.6 Å². The van der Waals surface area contributed by atoms with Crippen LogP contribution in [0, 0.1) is 11.8 Å². The molecule has 2 unspecified atom stereocenters. The summed E-state index contributed by atoms with van der Waals surface area (Å²) in [7, 11) is 0. The Kier molecular flexibility index (Phi) is 3.17. The molecule has 2 atom stereocenters. The fourth-order valence-corrected chi connectivity index (χ4v) is 2.33. The second-order valence-electron chi connectivity index (χ2n) is 5.13. The van der Waals surface area contributed by atoms with Gasteiger partial charge in [0.25, 0.3) is 0 Å². The number of nitrogens with zero attached hydrogens (tertiary/aromatic N) is 1. The van der Waals surface area contributed by atoms with E-state index < -0.39 is 11.7 Å². The van der Waals surface area contributed by atoms with Crippen LogP contribution in [0.15, 0.2) is 18.2 Å². The highest BCUT2D eigenvalue weighted by Crippen LogP contribution is 2.37. The fourth-order valence-electron chi connectivity index (χ4n) is 2.33. The lowest BCUT2D eigenvalue weighted by Crippen LogP contribution is -2.20. The summed E-state index contributed by atoms with van der Waals surface area (Å²) in [6.45, 7) is 5.82. The first kappa shape index (κ1) is 13.1. The minimum atomic E-state index is -4.39. The summed E-state index contributed by atoms with van der Waals surface area (Å²) in [6, 6.07) is 4.15. The van der Waals surface area contributed by atoms with Crippen LogP contribution in [0.2, 0.25) is 0 Å². The predicted octanol–water partition coefficient (Wildman–Crippen LogP) is 3.38. The lowest BCUT2D eigenvalue weighted by molar-refractivity contribution is -0.136. The van der Waals surface area contributed by atoms with Crippen molar-refractivity contribution in [3.8, 4) is 0 Å². The number of anilines is 2. The van der Waals surface area contributed by atoms with Crippen molar-refractivity contribution in [2.75, 3.05) is 23.7 Å². The maximum atomic E-state index is 12.8. The molecule has 2 nitrogen and oxygen atoms in total. The molecule has 1 aliphatic rings. The Morgan fingerprint density at radius 2 is 1.72 bits per heavy atom. The molecule has 1 fully saturated rings. The van der Waals surface area contributed by atoms with Gasteiger partial charge in [-0.05, 0) is 30.0 Å². The van der Waals surface area contributed by atoms with Crippen molar-refractivity contribution in [2.45, 2.75) is 20.0 Å². The van der Waals surface area contributed by atoms with E-state index in [2.05, 4.69) is 13.8 Å². The molecule has 1 heterocycles. The standard InChI is InChI=1S/C13H17F3N2/c1-8-6-18(7-9(8)2)10-3-4-12(17)11(5-10)13(14,15)16/h3-5,8-9H,6-7,17H2,1-2H3. The Bertz CT molecular complexity index is 432. The zero-order valence-electron chi connectivity index (χ0n) is 10.5. The maximum absolute atomic E-state index is 12.8. The van der Waals surface area contributed by atoms with Gasteiger partial charge in [-0.3, -0.25) is 0 Å². The number of alkyl halides is 3. The van der Waals surface area contributed by atoms with Crippen molar-refractivity contribution in [3.05, 3.63) is 23.8 Å². The average Bonchev–Trinajstić information content (AvgIpc) is 2.58. The summed E-state index contributed by atoms with van der Waals surface area (Å²) in [4.78, 5) is 1.99. The topological polar surface area (TPSA) is 29.3 Å². The summed E-state index contributed by atoms with van der Waals surface area (Å²) in [5.74, 6) is 0.994. The van der Waals surface area contributed by atoms with Crippen LogP contribution in [0.3, 0.4) is 0 Å². The molecular weight excluding hydrogens is 241 g/mol. The minimum Gasteiger partial charge on any atom is -0.398 e. The Labute approximate surface area is 105 Å². The van der Waals surface area contributed by atoms with E-state index in [1.807, 2.05) is 4.90 Å². The van der Waals surface area contributed by atoms with Gasteiger partial charge in [-0.1, -0.05) is 13.8 Å². The van der Waals surface area contributed by atoms with Crippen molar-refractivity contribution in [1.29, 1.82) is 0 Å². The third-order valence-electron chi connectivity index (χ3n) is 3.70. The summed E-state index contributed by atoms with van der Waals surface area (Å²) in [5, 5.41) is 0. The molecule has 2 N–H and O–H groups in total. The van der Waals surface area contributed by atoms with E-state index in [9.17, 15) is 13.2 Å². The number of rotatable bonds is 1. The van der Waals surface area contributed by atoms with E-state index in [0.29, 0.717) is 17.5 Å². The highest BCUT2D eigenvalue weighted by molar-refractivity contribution is 5.60. The molecule has 2 rings (SSSR count). The van der Waals surface area contributed by atoms with Gasteiger partial charge in [-0.2, -0.15) is 13.2 Å². The van der Waals surface area contributed by atoms with Crippen LogP contribution in [-0.2, 0) is 6.18 Å². The Balaban J connectivity index is 2.31. The van der Waals surface area contributed by atoms with E-state index in [-0.39, 0.29) is 5.69 Å². The van der Waals surface area contributed by atoms with Gasteiger partial charge in [-0.25, -0.2) is 0 Å². The van der Waals surface area contributed by atoms with Gasteiger partial charge in [0.15, 0.2) is 0 Å². The first-order valence-electron chi connectivity index (χ1n) is 6.00. The Morgan fingerprint density at radius 1 is 1.17 bits per heavy atom. The molecule has 1 aromatic carbocycles. The smallest absolute Gasteiger partial charge is 0.398 e. The fraction of sp³-hybridized carbons (Fsp3) is 0.538. The summed E-state index contributed by atoms with van der Waals surface area (Å²) in [5.41, 5.74) is 5.04. The molecule has 0 radical (unpaired) electrons. The maximum Gasteiger partial charge on any atom is 0.418 e. The summed E-state index contributed by atoms with van der Waals surface area (Å²) >= 11 is 0. The average molecular weight is 258 g/mol. The number of nitrogens with two attached hydrogens (primary N) is 1. The lowest BCUT2D eigenvalue weighted by Gasteiger charge is -2.20. The molecular formula is C13H17F3N2. The molecule has 5 heteroatoms. The number of hydrogen-bond acceptors (Lipinski definition) is 2. The second-order valence-corrected chi connectivity index (χ2v) is 5.13. The largest absolute Gasteiger partial charge is 0.418 e. The van der Waals surface area contributed by atoms with E-state index in [4.69, 9.17) is 5.73 Å². The lowest BCUT2D eigenvalue weighted by atomic mass is 10.0. The number of benzene rings is 1. The van der Waals surface area contributed by atoms with Crippen molar-refractivity contribution >= 4 is 11.4 Å². The summed E-state index contributed by atoms with van der Waals surface area (Å²) < 4.78 is 38.3. The third-order valence-corrected chi connectivity index (χ3v) is 3.70. The van der Waals surface area contributed by atoms with Crippen LogP contribution in [0.4, 0.5) is 24.5 Å². The molecule has 1 saturated heterocycles. The third kappa shape index (κ3) is 2.40. The van der Waals surface area contributed by atoms with Gasteiger partial charge in [0.1, 0.15) is 0 Å². The molecule has 0 saturated carbocycles. The predicted molar refractivity (Wildman–Crippen MR) is 66.4 cm³/mol. The molecule has 0 amide bonds. The molecule has 18 heavy (non-hydrogen) atoms. The van der Waals surface area contributed by atoms with Gasteiger partial charge in [0, 0.05) is 24.5 Å². The quantitative estimate of drug-likeness (QED) is 0.782. The van der Waals surface area contributed by atoms with Crippen molar-refractivity contribution in [3.63, 3.8) is 0 Å². The van der Waals surface area contributed by atoms with Crippen molar-refractivity contribution in [2.24, 2.45) is 11.8 Å². The minimum absolute atomic E-state index is 0.216. The molecule has 1 aliphatic heterocycles. The zero-order valence-corrected chi connectivity index (χ0v) is 10.5. The first-order valence-corrected chi connectivity index (χ1v) is 6.00. The summed E-state index contributed by atoms with van der Waals surface area (Å²) in [6.07, 6.45) is -4.39. The second kappa shape index (κ2) is 4.37. The van der Waals surface area contributed by atoms with E-state index in [1.165, 1.54) is 6.07 Å². The van der Waals surface area contributed by atoms with Crippen molar-refractivity contribution < 1.29 is 13.2 Å². The van der Waals surface area contributed by atoms with E-state index in [1.54, 1.807) is 6.07 Å². The van der Waals surface area contributed by atoms with Crippen LogP contribution in [0.1, 0.15) is 19.4 Å². The first-order chi connectivity index (χ1) is 8.29. The van der Waals surface area contributed by atoms with Gasteiger partial charge >= 0.3 is 6.18 Å². The molecule has 100 valence electrons. The number of hydrogen-bond donors (Lipinski definition) is 1. The molecule has 1 aromatic rings. The normalized spacial score (nSPS) is 24.6. The van der Waals surface area contributed by atoms with Crippen LogP contribution in [0.25, 0.3) is 0 Å². The van der Waals surface area contributed by atoms with Crippen molar-refractivity contribution in [1.82, 2.24) is 0 Å². The van der Waals surface area contributed by atoms with E-state index in [0.717, 1.165) is 19.2 Å². The monoisotopic (exact) mass is 258 g/mol. The van der Waals surface area contributed by atoms with Gasteiger partial charge in [-0.15, -0.1) is 0 Å². The van der Waals surface area contributed by atoms with Gasteiger partial charge in [0.05, 0.1) is 5.56 Å². The Morgan fingerprint density at radius 3 is 2.22 bits per heavy atom. The number of nitrogen functional groups attached to an aromatic ring is 1. The van der Waals surface area contributed by atoms with Crippen LogP contribution >= 0.6 is 0 Å². The van der Waals surface area contributed by atoms with Gasteiger partial charge in [0.2, 0.25) is 0 Å². The molecule has 0 aliphatic carbocycles. The van der Waals surface area contributed by atoms with Crippen LogP contribution in [-0.4, -0.2) is 13.1 Å². The molecule has 0 aromatic heterocycles. The SMILES string of the molecule is CC1CN(c2ccc(N)c(C(F)(F)F)c2)CC1C. The van der Waals surface area contributed by atoms with Gasteiger partial charge < -0.3 is 10.6 Å².